The standard InChI is InChI=1S/C21H27ClFN/c1-2-14-3-5-15(6-4-14)16-7-9-17(10-8-16)18-11-20(22)19(13-24)21(23)12-18/h11-12,14-17H,2-10H2,1H3/t14-,15-,16-,17-. The molecule has 0 unspecified atom stereocenters. The van der Waals surface area contributed by atoms with Crippen LogP contribution in [-0.4, -0.2) is 0 Å². The first-order valence-corrected chi connectivity index (χ1v) is 9.89. The van der Waals surface area contributed by atoms with Crippen molar-refractivity contribution in [3.8, 4) is 6.07 Å². The summed E-state index contributed by atoms with van der Waals surface area (Å²) in [6, 6.07) is 5.18. The maximum absolute atomic E-state index is 14.0. The van der Waals surface area contributed by atoms with Crippen molar-refractivity contribution < 1.29 is 4.39 Å². The molecule has 0 amide bonds. The van der Waals surface area contributed by atoms with Gasteiger partial charge in [-0.3, -0.25) is 0 Å². The molecule has 130 valence electrons. The molecule has 0 spiro atoms. The third-order valence-corrected chi connectivity index (χ3v) is 6.85. The van der Waals surface area contributed by atoms with Gasteiger partial charge >= 0.3 is 0 Å². The van der Waals surface area contributed by atoms with Gasteiger partial charge in [-0.15, -0.1) is 0 Å². The first-order chi connectivity index (χ1) is 11.6. The molecule has 0 atom stereocenters. The number of nitrogens with zero attached hydrogens (tertiary/aromatic N) is 1. The van der Waals surface area contributed by atoms with Crippen molar-refractivity contribution in [1.29, 1.82) is 5.26 Å². The van der Waals surface area contributed by atoms with Crippen LogP contribution in [0.1, 0.15) is 81.8 Å². The van der Waals surface area contributed by atoms with Crippen LogP contribution in [0.25, 0.3) is 0 Å². The van der Waals surface area contributed by atoms with Crippen LogP contribution in [0.5, 0.6) is 0 Å². The topological polar surface area (TPSA) is 23.8 Å². The lowest BCUT2D eigenvalue weighted by molar-refractivity contribution is 0.158. The second-order valence-electron chi connectivity index (χ2n) is 7.77. The summed E-state index contributed by atoms with van der Waals surface area (Å²) >= 11 is 6.07. The Labute approximate surface area is 150 Å². The number of hydrogen-bond donors (Lipinski definition) is 0. The van der Waals surface area contributed by atoms with Gasteiger partial charge in [0.05, 0.1) is 5.02 Å². The first-order valence-electron chi connectivity index (χ1n) is 9.51. The Morgan fingerprint density at radius 2 is 1.62 bits per heavy atom. The van der Waals surface area contributed by atoms with Crippen LogP contribution in [0.4, 0.5) is 4.39 Å². The van der Waals surface area contributed by atoms with Crippen molar-refractivity contribution in [3.63, 3.8) is 0 Å². The molecular weight excluding hydrogens is 321 g/mol. The minimum absolute atomic E-state index is 0.0261. The third kappa shape index (κ3) is 3.77. The minimum Gasteiger partial charge on any atom is -0.205 e. The van der Waals surface area contributed by atoms with Gasteiger partial charge in [0.1, 0.15) is 17.4 Å². The van der Waals surface area contributed by atoms with E-state index < -0.39 is 5.82 Å². The number of benzene rings is 1. The normalized spacial score (nSPS) is 30.8. The molecule has 0 radical (unpaired) electrons. The predicted molar refractivity (Wildman–Crippen MR) is 96.6 cm³/mol. The highest BCUT2D eigenvalue weighted by Gasteiger charge is 2.31. The van der Waals surface area contributed by atoms with Gasteiger partial charge in [0.25, 0.3) is 0 Å². The molecule has 3 heteroatoms. The molecule has 1 aromatic carbocycles. The van der Waals surface area contributed by atoms with Crippen molar-refractivity contribution in [3.05, 3.63) is 34.1 Å². The van der Waals surface area contributed by atoms with E-state index in [1.54, 1.807) is 6.07 Å². The van der Waals surface area contributed by atoms with Crippen LogP contribution in [-0.2, 0) is 0 Å². The monoisotopic (exact) mass is 347 g/mol. The molecule has 0 aromatic heterocycles. The Balaban J connectivity index is 1.59. The molecule has 0 aliphatic heterocycles. The van der Waals surface area contributed by atoms with Crippen LogP contribution in [0.2, 0.25) is 5.02 Å². The van der Waals surface area contributed by atoms with Gasteiger partial charge in [0, 0.05) is 0 Å². The fraction of sp³-hybridized carbons (Fsp3) is 0.667. The van der Waals surface area contributed by atoms with E-state index in [9.17, 15) is 4.39 Å². The molecule has 1 aromatic rings. The highest BCUT2D eigenvalue weighted by molar-refractivity contribution is 6.31. The number of nitriles is 1. The smallest absolute Gasteiger partial charge is 0.142 e. The summed E-state index contributed by atoms with van der Waals surface area (Å²) in [5.41, 5.74) is 0.950. The van der Waals surface area contributed by atoms with Crippen LogP contribution in [0.15, 0.2) is 12.1 Å². The van der Waals surface area contributed by atoms with Crippen LogP contribution in [0.3, 0.4) is 0 Å². The second-order valence-corrected chi connectivity index (χ2v) is 8.18. The predicted octanol–water partition coefficient (Wildman–Crippen LogP) is 6.84. The zero-order valence-electron chi connectivity index (χ0n) is 14.5. The molecule has 2 aliphatic rings. The lowest BCUT2D eigenvalue weighted by Gasteiger charge is -2.38. The van der Waals surface area contributed by atoms with Crippen LogP contribution in [0, 0.1) is 34.9 Å². The van der Waals surface area contributed by atoms with E-state index in [0.29, 0.717) is 5.92 Å². The maximum atomic E-state index is 14.0. The molecule has 24 heavy (non-hydrogen) atoms. The lowest BCUT2D eigenvalue weighted by Crippen LogP contribution is -2.25. The van der Waals surface area contributed by atoms with Crippen molar-refractivity contribution in [2.45, 2.75) is 70.6 Å². The Hall–Kier alpha value is -1.07. The molecule has 0 N–H and O–H groups in total. The van der Waals surface area contributed by atoms with Gasteiger partial charge in [-0.05, 0) is 79.9 Å². The highest BCUT2D eigenvalue weighted by atomic mass is 35.5. The molecule has 3 rings (SSSR count). The van der Waals surface area contributed by atoms with Gasteiger partial charge < -0.3 is 0 Å². The number of hydrogen-bond acceptors (Lipinski definition) is 1. The highest BCUT2D eigenvalue weighted by Crippen LogP contribution is 2.44. The summed E-state index contributed by atoms with van der Waals surface area (Å²) in [4.78, 5) is 0. The Kier molecular flexibility index (Phi) is 5.82. The van der Waals surface area contributed by atoms with Gasteiger partial charge in [-0.1, -0.05) is 37.8 Å². The zero-order valence-corrected chi connectivity index (χ0v) is 15.3. The molecule has 2 aliphatic carbocycles. The van der Waals surface area contributed by atoms with E-state index in [2.05, 4.69) is 6.92 Å². The van der Waals surface area contributed by atoms with Gasteiger partial charge in [0.2, 0.25) is 0 Å². The van der Waals surface area contributed by atoms with Crippen LogP contribution < -0.4 is 0 Å². The Morgan fingerprint density at radius 1 is 1.04 bits per heavy atom. The van der Waals surface area contributed by atoms with E-state index in [-0.39, 0.29) is 10.6 Å². The number of halogens is 2. The largest absolute Gasteiger partial charge is 0.205 e. The van der Waals surface area contributed by atoms with Crippen molar-refractivity contribution in [2.75, 3.05) is 0 Å². The van der Waals surface area contributed by atoms with Crippen molar-refractivity contribution in [2.24, 2.45) is 17.8 Å². The molecule has 2 saturated carbocycles. The third-order valence-electron chi connectivity index (χ3n) is 6.55. The number of rotatable bonds is 3. The molecule has 0 heterocycles. The van der Waals surface area contributed by atoms with E-state index in [0.717, 1.165) is 36.2 Å². The average Bonchev–Trinajstić information content (AvgIpc) is 2.62. The SMILES string of the molecule is CC[C@H]1CC[C@H]([C@H]2CC[C@H](c3cc(F)c(C#N)c(Cl)c3)CC2)CC1. The zero-order chi connectivity index (χ0) is 17.1. The molecule has 0 bridgehead atoms. The summed E-state index contributed by atoms with van der Waals surface area (Å²) in [5.74, 6) is 2.65. The average molecular weight is 348 g/mol. The van der Waals surface area contributed by atoms with Crippen LogP contribution >= 0.6 is 11.6 Å². The van der Waals surface area contributed by atoms with E-state index >= 15 is 0 Å². The van der Waals surface area contributed by atoms with Crippen molar-refractivity contribution >= 4 is 11.6 Å². The fourth-order valence-electron chi connectivity index (χ4n) is 4.93. The molecule has 2 fully saturated rings. The van der Waals surface area contributed by atoms with E-state index in [1.807, 2.05) is 6.07 Å². The Bertz CT molecular complexity index is 582. The van der Waals surface area contributed by atoms with Gasteiger partial charge in [-0.2, -0.15) is 5.26 Å². The quantitative estimate of drug-likeness (QED) is 0.587. The minimum atomic E-state index is -0.472. The lowest BCUT2D eigenvalue weighted by atomic mass is 9.68. The van der Waals surface area contributed by atoms with E-state index in [4.69, 9.17) is 16.9 Å². The molecule has 1 nitrogen and oxygen atoms in total. The second kappa shape index (κ2) is 7.87. The summed E-state index contributed by atoms with van der Waals surface area (Å²) in [6.07, 6.45) is 11.7. The molecule has 0 saturated heterocycles. The summed E-state index contributed by atoms with van der Waals surface area (Å²) in [7, 11) is 0. The fourth-order valence-corrected chi connectivity index (χ4v) is 5.19. The first kappa shape index (κ1) is 17.7. The summed E-state index contributed by atoms with van der Waals surface area (Å²) < 4.78 is 14.0. The Morgan fingerprint density at radius 3 is 2.12 bits per heavy atom. The summed E-state index contributed by atoms with van der Waals surface area (Å²) in [5, 5.41) is 9.20. The van der Waals surface area contributed by atoms with Gasteiger partial charge in [0.15, 0.2) is 0 Å². The maximum Gasteiger partial charge on any atom is 0.142 e. The molecular formula is C21H27ClFN. The van der Waals surface area contributed by atoms with E-state index in [1.165, 1.54) is 51.0 Å². The van der Waals surface area contributed by atoms with Gasteiger partial charge in [-0.25, -0.2) is 4.39 Å². The summed E-state index contributed by atoms with van der Waals surface area (Å²) in [6.45, 7) is 2.32. The van der Waals surface area contributed by atoms with Crippen molar-refractivity contribution in [1.82, 2.24) is 0 Å².